The van der Waals surface area contributed by atoms with Gasteiger partial charge in [0, 0.05) is 18.2 Å². The van der Waals surface area contributed by atoms with Crippen molar-refractivity contribution in [2.75, 3.05) is 11.1 Å². The SMILES string of the molecule is CC(C)n1nc(N)cc1NC1CC1. The number of anilines is 2. The van der Waals surface area contributed by atoms with Gasteiger partial charge in [0.2, 0.25) is 0 Å². The molecule has 4 heteroatoms. The zero-order valence-electron chi connectivity index (χ0n) is 8.12. The molecule has 0 amide bonds. The zero-order valence-corrected chi connectivity index (χ0v) is 8.12. The predicted octanol–water partition coefficient (Wildman–Crippen LogP) is 1.62. The van der Waals surface area contributed by atoms with Crippen LogP contribution in [0.1, 0.15) is 32.7 Å². The van der Waals surface area contributed by atoms with E-state index in [1.807, 2.05) is 10.7 Å². The number of aromatic nitrogens is 2. The van der Waals surface area contributed by atoms with Gasteiger partial charge in [-0.05, 0) is 26.7 Å². The van der Waals surface area contributed by atoms with E-state index in [4.69, 9.17) is 5.73 Å². The first-order valence-corrected chi connectivity index (χ1v) is 4.78. The van der Waals surface area contributed by atoms with Gasteiger partial charge in [-0.2, -0.15) is 5.10 Å². The lowest BCUT2D eigenvalue weighted by atomic mass is 10.4. The first-order chi connectivity index (χ1) is 6.16. The van der Waals surface area contributed by atoms with Crippen molar-refractivity contribution in [2.24, 2.45) is 0 Å². The quantitative estimate of drug-likeness (QED) is 0.743. The van der Waals surface area contributed by atoms with E-state index in [0.29, 0.717) is 17.9 Å². The number of nitrogens with one attached hydrogen (secondary N) is 1. The molecule has 0 atom stereocenters. The number of nitrogen functional groups attached to an aromatic ring is 1. The number of hydrogen-bond donors (Lipinski definition) is 2. The van der Waals surface area contributed by atoms with E-state index >= 15 is 0 Å². The predicted molar refractivity (Wildman–Crippen MR) is 53.7 cm³/mol. The molecule has 1 saturated carbocycles. The summed E-state index contributed by atoms with van der Waals surface area (Å²) in [5.74, 6) is 1.65. The molecule has 1 heterocycles. The van der Waals surface area contributed by atoms with Gasteiger partial charge in [0.05, 0.1) is 0 Å². The molecule has 0 radical (unpaired) electrons. The second kappa shape index (κ2) is 2.94. The molecule has 1 aromatic rings. The largest absolute Gasteiger partial charge is 0.382 e. The summed E-state index contributed by atoms with van der Waals surface area (Å²) in [5.41, 5.74) is 5.64. The summed E-state index contributed by atoms with van der Waals surface area (Å²) in [6, 6.07) is 2.91. The van der Waals surface area contributed by atoms with Crippen LogP contribution in [0.15, 0.2) is 6.07 Å². The summed E-state index contributed by atoms with van der Waals surface area (Å²) in [6.45, 7) is 4.20. The Balaban J connectivity index is 2.19. The lowest BCUT2D eigenvalue weighted by Gasteiger charge is -2.11. The molecule has 0 spiro atoms. The van der Waals surface area contributed by atoms with Gasteiger partial charge >= 0.3 is 0 Å². The van der Waals surface area contributed by atoms with E-state index in [-0.39, 0.29) is 0 Å². The highest BCUT2D eigenvalue weighted by Crippen LogP contribution is 2.26. The molecule has 0 aliphatic heterocycles. The van der Waals surface area contributed by atoms with E-state index in [1.54, 1.807) is 0 Å². The zero-order chi connectivity index (χ0) is 9.42. The smallest absolute Gasteiger partial charge is 0.147 e. The maximum absolute atomic E-state index is 5.64. The van der Waals surface area contributed by atoms with Gasteiger partial charge in [-0.25, -0.2) is 4.68 Å². The van der Waals surface area contributed by atoms with E-state index in [1.165, 1.54) is 12.8 Å². The molecule has 1 aliphatic rings. The van der Waals surface area contributed by atoms with Gasteiger partial charge in [0.1, 0.15) is 11.6 Å². The van der Waals surface area contributed by atoms with Gasteiger partial charge < -0.3 is 11.1 Å². The molecule has 1 aromatic heterocycles. The van der Waals surface area contributed by atoms with Crippen molar-refractivity contribution >= 4 is 11.6 Å². The van der Waals surface area contributed by atoms with Crippen molar-refractivity contribution < 1.29 is 0 Å². The molecular weight excluding hydrogens is 164 g/mol. The van der Waals surface area contributed by atoms with Crippen molar-refractivity contribution in [3.63, 3.8) is 0 Å². The summed E-state index contributed by atoms with van der Waals surface area (Å²) >= 11 is 0. The van der Waals surface area contributed by atoms with Crippen LogP contribution in [0.3, 0.4) is 0 Å². The Morgan fingerprint density at radius 2 is 2.31 bits per heavy atom. The Labute approximate surface area is 78.1 Å². The van der Waals surface area contributed by atoms with Crippen LogP contribution < -0.4 is 11.1 Å². The Hall–Kier alpha value is -1.19. The summed E-state index contributed by atoms with van der Waals surface area (Å²) in [5, 5.41) is 7.63. The summed E-state index contributed by atoms with van der Waals surface area (Å²) < 4.78 is 1.94. The summed E-state index contributed by atoms with van der Waals surface area (Å²) in [6.07, 6.45) is 2.53. The molecule has 0 saturated heterocycles. The fourth-order valence-corrected chi connectivity index (χ4v) is 1.35. The van der Waals surface area contributed by atoms with E-state index in [9.17, 15) is 0 Å². The molecule has 0 aromatic carbocycles. The van der Waals surface area contributed by atoms with Gasteiger partial charge in [-0.3, -0.25) is 0 Å². The Kier molecular flexibility index (Phi) is 1.90. The lowest BCUT2D eigenvalue weighted by molar-refractivity contribution is 0.539. The topological polar surface area (TPSA) is 55.9 Å². The minimum absolute atomic E-state index is 0.360. The normalized spacial score (nSPS) is 16.5. The van der Waals surface area contributed by atoms with Crippen LogP contribution in [-0.2, 0) is 0 Å². The van der Waals surface area contributed by atoms with Crippen LogP contribution in [0.2, 0.25) is 0 Å². The maximum atomic E-state index is 5.64. The highest BCUT2D eigenvalue weighted by Gasteiger charge is 2.23. The molecule has 0 unspecified atom stereocenters. The number of nitrogens with two attached hydrogens (primary N) is 1. The van der Waals surface area contributed by atoms with Crippen LogP contribution >= 0.6 is 0 Å². The first-order valence-electron chi connectivity index (χ1n) is 4.78. The van der Waals surface area contributed by atoms with Gasteiger partial charge in [-0.15, -0.1) is 0 Å². The second-order valence-electron chi connectivity index (χ2n) is 3.91. The Bertz CT molecular complexity index is 299. The minimum Gasteiger partial charge on any atom is -0.382 e. The average Bonchev–Trinajstić information content (AvgIpc) is 2.75. The van der Waals surface area contributed by atoms with Gasteiger partial charge in [-0.1, -0.05) is 0 Å². The van der Waals surface area contributed by atoms with Crippen molar-refractivity contribution in [1.82, 2.24) is 9.78 Å². The highest BCUT2D eigenvalue weighted by atomic mass is 15.4. The standard InChI is InChI=1S/C9H16N4/c1-6(2)13-9(5-8(10)12-13)11-7-3-4-7/h5-7,11H,3-4H2,1-2H3,(H2,10,12). The number of rotatable bonds is 3. The van der Waals surface area contributed by atoms with E-state index < -0.39 is 0 Å². The third-order valence-electron chi connectivity index (χ3n) is 2.17. The molecule has 72 valence electrons. The van der Waals surface area contributed by atoms with Crippen LogP contribution in [0.5, 0.6) is 0 Å². The average molecular weight is 180 g/mol. The molecule has 3 N–H and O–H groups in total. The van der Waals surface area contributed by atoms with E-state index in [2.05, 4.69) is 24.3 Å². The molecule has 1 fully saturated rings. The summed E-state index contributed by atoms with van der Waals surface area (Å²) in [4.78, 5) is 0. The monoisotopic (exact) mass is 180 g/mol. The van der Waals surface area contributed by atoms with Crippen molar-refractivity contribution in [1.29, 1.82) is 0 Å². The molecule has 2 rings (SSSR count). The Morgan fingerprint density at radius 1 is 1.62 bits per heavy atom. The molecule has 1 aliphatic carbocycles. The molecular formula is C9H16N4. The van der Waals surface area contributed by atoms with Crippen LogP contribution in [0.25, 0.3) is 0 Å². The van der Waals surface area contributed by atoms with Crippen molar-refractivity contribution in [3.8, 4) is 0 Å². The molecule has 0 bridgehead atoms. The third kappa shape index (κ3) is 1.76. The first kappa shape index (κ1) is 8.41. The highest BCUT2D eigenvalue weighted by molar-refractivity contribution is 5.47. The van der Waals surface area contributed by atoms with Gasteiger partial charge in [0.25, 0.3) is 0 Å². The third-order valence-corrected chi connectivity index (χ3v) is 2.17. The maximum Gasteiger partial charge on any atom is 0.147 e. The van der Waals surface area contributed by atoms with Crippen LogP contribution in [-0.4, -0.2) is 15.8 Å². The van der Waals surface area contributed by atoms with Gasteiger partial charge in [0.15, 0.2) is 0 Å². The summed E-state index contributed by atoms with van der Waals surface area (Å²) in [7, 11) is 0. The van der Waals surface area contributed by atoms with Crippen LogP contribution in [0.4, 0.5) is 11.6 Å². The van der Waals surface area contributed by atoms with Crippen molar-refractivity contribution in [2.45, 2.75) is 38.8 Å². The lowest BCUT2D eigenvalue weighted by Crippen LogP contribution is -2.11. The minimum atomic E-state index is 0.360. The second-order valence-corrected chi connectivity index (χ2v) is 3.91. The fourth-order valence-electron chi connectivity index (χ4n) is 1.35. The van der Waals surface area contributed by atoms with E-state index in [0.717, 1.165) is 5.82 Å². The number of hydrogen-bond acceptors (Lipinski definition) is 3. The molecule has 13 heavy (non-hydrogen) atoms. The van der Waals surface area contributed by atoms with Crippen LogP contribution in [0, 0.1) is 0 Å². The Morgan fingerprint density at radius 3 is 2.85 bits per heavy atom. The molecule has 4 nitrogen and oxygen atoms in total. The van der Waals surface area contributed by atoms with Crippen molar-refractivity contribution in [3.05, 3.63) is 6.07 Å². The number of nitrogens with zero attached hydrogens (tertiary/aromatic N) is 2. The fraction of sp³-hybridized carbons (Fsp3) is 0.667.